The van der Waals surface area contributed by atoms with E-state index in [9.17, 15) is 13.2 Å². The van der Waals surface area contributed by atoms with Crippen molar-refractivity contribution in [3.63, 3.8) is 0 Å². The number of hydrogen-bond donors (Lipinski definition) is 1. The van der Waals surface area contributed by atoms with E-state index in [0.29, 0.717) is 16.0 Å². The first-order valence-corrected chi connectivity index (χ1v) is 9.54. The lowest BCUT2D eigenvalue weighted by molar-refractivity contribution is 0.0817. The van der Waals surface area contributed by atoms with E-state index in [1.54, 1.807) is 26.0 Å². The fraction of sp³-hybridized carbons (Fsp3) is 0.500. The molecule has 0 bridgehead atoms. The molecule has 1 N–H and O–H groups in total. The monoisotopic (exact) mass is 369 g/mol. The van der Waals surface area contributed by atoms with Gasteiger partial charge in [0.1, 0.15) is 6.61 Å². The number of carbonyl (C=O) groups is 1. The van der Waals surface area contributed by atoms with Crippen LogP contribution in [0.25, 0.3) is 0 Å². The molecule has 0 aliphatic carbocycles. The van der Waals surface area contributed by atoms with Gasteiger partial charge in [-0.1, -0.05) is 37.6 Å². The third kappa shape index (κ3) is 6.17. The van der Waals surface area contributed by atoms with Crippen LogP contribution in [0.4, 0.5) is 4.79 Å². The van der Waals surface area contributed by atoms with Crippen molar-refractivity contribution in [3.8, 4) is 0 Å². The lowest BCUT2D eigenvalue weighted by Gasteiger charge is -2.21. The SMILES string of the molecule is COC(=O)OC/C=C/[C@@H](NS(=O)(=O)c1c(C)cc(C)cc1C)C(C)C. The van der Waals surface area contributed by atoms with Gasteiger partial charge in [-0.3, -0.25) is 0 Å². The summed E-state index contributed by atoms with van der Waals surface area (Å²) >= 11 is 0. The first-order valence-electron chi connectivity index (χ1n) is 8.06. The van der Waals surface area contributed by atoms with Gasteiger partial charge in [-0.25, -0.2) is 17.9 Å². The Morgan fingerprint density at radius 2 is 1.76 bits per heavy atom. The van der Waals surface area contributed by atoms with E-state index < -0.39 is 22.2 Å². The summed E-state index contributed by atoms with van der Waals surface area (Å²) in [5.74, 6) is 0.0233. The summed E-state index contributed by atoms with van der Waals surface area (Å²) in [6.45, 7) is 9.35. The molecular formula is C18H27NO5S. The first-order chi connectivity index (χ1) is 11.6. The third-order valence-electron chi connectivity index (χ3n) is 3.69. The van der Waals surface area contributed by atoms with E-state index in [1.807, 2.05) is 32.9 Å². The van der Waals surface area contributed by atoms with Gasteiger partial charge in [-0.15, -0.1) is 0 Å². The maximum Gasteiger partial charge on any atom is 0.508 e. The Kier molecular flexibility index (Phi) is 7.63. The average Bonchev–Trinajstić information content (AvgIpc) is 2.48. The fourth-order valence-corrected chi connectivity index (χ4v) is 4.40. The highest BCUT2D eigenvalue weighted by molar-refractivity contribution is 7.89. The Morgan fingerprint density at radius 1 is 1.20 bits per heavy atom. The van der Waals surface area contributed by atoms with E-state index in [0.717, 1.165) is 5.56 Å². The molecule has 0 radical (unpaired) electrons. The van der Waals surface area contributed by atoms with Crippen molar-refractivity contribution in [1.29, 1.82) is 0 Å². The fourth-order valence-electron chi connectivity index (χ4n) is 2.60. The van der Waals surface area contributed by atoms with E-state index in [1.165, 1.54) is 7.11 Å². The number of aryl methyl sites for hydroxylation is 3. The van der Waals surface area contributed by atoms with Crippen LogP contribution in [0, 0.1) is 26.7 Å². The number of nitrogens with one attached hydrogen (secondary N) is 1. The second-order valence-electron chi connectivity index (χ2n) is 6.31. The Balaban J connectivity index is 2.98. The van der Waals surface area contributed by atoms with Crippen molar-refractivity contribution < 1.29 is 22.7 Å². The summed E-state index contributed by atoms with van der Waals surface area (Å²) in [5.41, 5.74) is 2.45. The van der Waals surface area contributed by atoms with Crippen LogP contribution in [0.15, 0.2) is 29.2 Å². The Bertz CT molecular complexity index is 715. The highest BCUT2D eigenvalue weighted by atomic mass is 32.2. The maximum absolute atomic E-state index is 12.8. The zero-order chi connectivity index (χ0) is 19.2. The molecular weight excluding hydrogens is 342 g/mol. The summed E-state index contributed by atoms with van der Waals surface area (Å²) < 4.78 is 37.5. The zero-order valence-electron chi connectivity index (χ0n) is 15.6. The Morgan fingerprint density at radius 3 is 2.24 bits per heavy atom. The lowest BCUT2D eigenvalue weighted by atomic mass is 10.1. The predicted molar refractivity (Wildman–Crippen MR) is 97.1 cm³/mol. The van der Waals surface area contributed by atoms with Crippen LogP contribution in [0.3, 0.4) is 0 Å². The number of ether oxygens (including phenoxy) is 2. The van der Waals surface area contributed by atoms with Gasteiger partial charge in [0.05, 0.1) is 12.0 Å². The number of carbonyl (C=O) groups excluding carboxylic acids is 1. The quantitative estimate of drug-likeness (QED) is 0.589. The molecule has 7 heteroatoms. The van der Waals surface area contributed by atoms with E-state index in [-0.39, 0.29) is 12.5 Å². The Labute approximate surface area is 150 Å². The standard InChI is InChI=1S/C18H27NO5S/c1-12(2)16(8-7-9-24-18(20)23-6)19-25(21,22)17-14(4)10-13(3)11-15(17)5/h7-8,10-12,16,19H,9H2,1-6H3/b8-7+/t16-/m1/s1. The van der Waals surface area contributed by atoms with Crippen LogP contribution < -0.4 is 4.72 Å². The summed E-state index contributed by atoms with van der Waals surface area (Å²) in [7, 11) is -2.45. The summed E-state index contributed by atoms with van der Waals surface area (Å²) in [4.78, 5) is 11.2. The molecule has 0 aliphatic heterocycles. The van der Waals surface area contributed by atoms with Crippen LogP contribution in [-0.4, -0.2) is 34.3 Å². The molecule has 0 unspecified atom stereocenters. The highest BCUT2D eigenvalue weighted by Crippen LogP contribution is 2.22. The minimum Gasteiger partial charge on any atom is -0.438 e. The van der Waals surface area contributed by atoms with Crippen LogP contribution in [-0.2, 0) is 19.5 Å². The van der Waals surface area contributed by atoms with Gasteiger partial charge in [-0.2, -0.15) is 0 Å². The lowest BCUT2D eigenvalue weighted by Crippen LogP contribution is -2.37. The molecule has 6 nitrogen and oxygen atoms in total. The molecule has 1 rings (SSSR count). The van der Waals surface area contributed by atoms with Crippen molar-refractivity contribution >= 4 is 16.2 Å². The Hall–Kier alpha value is -1.86. The second-order valence-corrected chi connectivity index (χ2v) is 7.96. The van der Waals surface area contributed by atoms with Crippen molar-refractivity contribution in [2.24, 2.45) is 5.92 Å². The van der Waals surface area contributed by atoms with Crippen molar-refractivity contribution in [2.75, 3.05) is 13.7 Å². The number of benzene rings is 1. The molecule has 140 valence electrons. The van der Waals surface area contributed by atoms with Gasteiger partial charge in [0.2, 0.25) is 10.0 Å². The van der Waals surface area contributed by atoms with Gasteiger partial charge in [-0.05, 0) is 43.9 Å². The summed E-state index contributed by atoms with van der Waals surface area (Å²) in [6.07, 6.45) is 2.50. The summed E-state index contributed by atoms with van der Waals surface area (Å²) in [6, 6.07) is 3.28. The highest BCUT2D eigenvalue weighted by Gasteiger charge is 2.24. The topological polar surface area (TPSA) is 81.7 Å². The van der Waals surface area contributed by atoms with Gasteiger partial charge in [0.25, 0.3) is 0 Å². The van der Waals surface area contributed by atoms with E-state index in [2.05, 4.69) is 9.46 Å². The van der Waals surface area contributed by atoms with Gasteiger partial charge < -0.3 is 9.47 Å². The van der Waals surface area contributed by atoms with Crippen molar-refractivity contribution in [3.05, 3.63) is 41.0 Å². The predicted octanol–water partition coefficient (Wildman–Crippen LogP) is 3.25. The summed E-state index contributed by atoms with van der Waals surface area (Å²) in [5, 5.41) is 0. The number of hydrogen-bond acceptors (Lipinski definition) is 5. The molecule has 1 aromatic carbocycles. The smallest absolute Gasteiger partial charge is 0.438 e. The normalized spacial score (nSPS) is 13.2. The van der Waals surface area contributed by atoms with Crippen LogP contribution in [0.5, 0.6) is 0 Å². The molecule has 1 atom stereocenters. The molecule has 1 aromatic rings. The van der Waals surface area contributed by atoms with E-state index in [4.69, 9.17) is 4.74 Å². The number of sulfonamides is 1. The molecule has 0 saturated heterocycles. The second kappa shape index (κ2) is 9.01. The molecule has 0 aliphatic rings. The molecule has 0 heterocycles. The minimum atomic E-state index is -3.67. The first kappa shape index (κ1) is 21.2. The largest absolute Gasteiger partial charge is 0.508 e. The molecule has 0 saturated carbocycles. The minimum absolute atomic E-state index is 0.0141. The number of rotatable bonds is 7. The van der Waals surface area contributed by atoms with Gasteiger partial charge >= 0.3 is 6.16 Å². The number of methoxy groups -OCH3 is 1. The average molecular weight is 369 g/mol. The molecule has 0 spiro atoms. The van der Waals surface area contributed by atoms with Gasteiger partial charge in [0, 0.05) is 6.04 Å². The van der Waals surface area contributed by atoms with Crippen molar-refractivity contribution in [2.45, 2.75) is 45.6 Å². The molecule has 25 heavy (non-hydrogen) atoms. The maximum atomic E-state index is 12.8. The van der Waals surface area contributed by atoms with Crippen LogP contribution >= 0.6 is 0 Å². The molecule has 0 fully saturated rings. The van der Waals surface area contributed by atoms with E-state index >= 15 is 0 Å². The zero-order valence-corrected chi connectivity index (χ0v) is 16.4. The molecule has 0 aromatic heterocycles. The van der Waals surface area contributed by atoms with Gasteiger partial charge in [0.15, 0.2) is 0 Å². The van der Waals surface area contributed by atoms with Crippen LogP contribution in [0.1, 0.15) is 30.5 Å². The van der Waals surface area contributed by atoms with Crippen molar-refractivity contribution in [1.82, 2.24) is 4.72 Å². The van der Waals surface area contributed by atoms with Crippen LogP contribution in [0.2, 0.25) is 0 Å². The molecule has 0 amide bonds. The third-order valence-corrected chi connectivity index (χ3v) is 5.45.